The lowest BCUT2D eigenvalue weighted by atomic mass is 10.2. The standard InChI is InChI=1S/C9H8NO5/c11-9(8-4-2-1-3-5-8)14-6-7-15-10(12)13/h1-4H,6-7H2. The van der Waals surface area contributed by atoms with E-state index in [-0.39, 0.29) is 18.8 Å². The normalized spacial score (nSPS) is 9.33. The second-order valence-corrected chi connectivity index (χ2v) is 2.47. The minimum absolute atomic E-state index is 0.164. The Morgan fingerprint density at radius 1 is 1.47 bits per heavy atom. The molecule has 0 aliphatic rings. The van der Waals surface area contributed by atoms with Gasteiger partial charge in [0.1, 0.15) is 13.2 Å². The van der Waals surface area contributed by atoms with Crippen molar-refractivity contribution in [1.29, 1.82) is 0 Å². The molecule has 0 aromatic heterocycles. The van der Waals surface area contributed by atoms with Crippen LogP contribution in [-0.2, 0) is 9.57 Å². The molecule has 0 heterocycles. The SMILES string of the molecule is O=C(OCCO[N+](=O)[O-])c1[c]cccc1. The fraction of sp³-hybridized carbons (Fsp3) is 0.222. The van der Waals surface area contributed by atoms with E-state index in [1.165, 1.54) is 6.07 Å². The van der Waals surface area contributed by atoms with Crippen LogP contribution in [-0.4, -0.2) is 24.3 Å². The number of carbonyl (C=O) groups is 1. The van der Waals surface area contributed by atoms with E-state index in [1.807, 2.05) is 0 Å². The fourth-order valence-corrected chi connectivity index (χ4v) is 0.844. The Labute approximate surface area is 85.5 Å². The second kappa shape index (κ2) is 5.58. The molecule has 0 atom stereocenters. The van der Waals surface area contributed by atoms with Gasteiger partial charge in [-0.3, -0.25) is 0 Å². The van der Waals surface area contributed by atoms with Gasteiger partial charge >= 0.3 is 5.97 Å². The maximum absolute atomic E-state index is 11.2. The molecular formula is C9H8NO5. The molecule has 0 saturated carbocycles. The third-order valence-electron chi connectivity index (χ3n) is 1.44. The lowest BCUT2D eigenvalue weighted by Crippen LogP contribution is -2.13. The highest BCUT2D eigenvalue weighted by atomic mass is 17.0. The van der Waals surface area contributed by atoms with E-state index >= 15 is 0 Å². The van der Waals surface area contributed by atoms with Gasteiger partial charge in [0, 0.05) is 0 Å². The van der Waals surface area contributed by atoms with Gasteiger partial charge in [0.05, 0.1) is 5.56 Å². The van der Waals surface area contributed by atoms with Crippen molar-refractivity contribution < 1.29 is 19.5 Å². The highest BCUT2D eigenvalue weighted by molar-refractivity contribution is 5.88. The lowest BCUT2D eigenvalue weighted by molar-refractivity contribution is -0.757. The van der Waals surface area contributed by atoms with Crippen molar-refractivity contribution in [1.82, 2.24) is 0 Å². The van der Waals surface area contributed by atoms with E-state index in [2.05, 4.69) is 15.6 Å². The van der Waals surface area contributed by atoms with Gasteiger partial charge < -0.3 is 9.57 Å². The van der Waals surface area contributed by atoms with Crippen LogP contribution >= 0.6 is 0 Å². The van der Waals surface area contributed by atoms with Gasteiger partial charge in [0.25, 0.3) is 5.09 Å². The van der Waals surface area contributed by atoms with Gasteiger partial charge in [-0.2, -0.15) is 0 Å². The Balaban J connectivity index is 2.28. The van der Waals surface area contributed by atoms with Crippen molar-refractivity contribution >= 4 is 5.97 Å². The van der Waals surface area contributed by atoms with Gasteiger partial charge in [-0.15, -0.1) is 10.1 Å². The molecule has 6 nitrogen and oxygen atoms in total. The molecule has 0 amide bonds. The summed E-state index contributed by atoms with van der Waals surface area (Å²) in [5, 5.41) is 8.81. The highest BCUT2D eigenvalue weighted by Crippen LogP contribution is 1.99. The van der Waals surface area contributed by atoms with Crippen molar-refractivity contribution in [3.8, 4) is 0 Å². The maximum Gasteiger partial charge on any atom is 0.338 e. The Morgan fingerprint density at radius 3 is 2.87 bits per heavy atom. The summed E-state index contributed by atoms with van der Waals surface area (Å²) in [5.41, 5.74) is 0.276. The van der Waals surface area contributed by atoms with Gasteiger partial charge in [-0.25, -0.2) is 4.79 Å². The average molecular weight is 210 g/mol. The van der Waals surface area contributed by atoms with Crippen molar-refractivity contribution in [2.45, 2.75) is 0 Å². The Morgan fingerprint density at radius 2 is 2.27 bits per heavy atom. The van der Waals surface area contributed by atoms with Crippen LogP contribution < -0.4 is 0 Å². The molecule has 0 fully saturated rings. The molecule has 1 radical (unpaired) electrons. The van der Waals surface area contributed by atoms with E-state index in [4.69, 9.17) is 0 Å². The molecule has 6 heteroatoms. The van der Waals surface area contributed by atoms with Crippen molar-refractivity contribution in [2.24, 2.45) is 0 Å². The van der Waals surface area contributed by atoms with Crippen LogP contribution in [0.1, 0.15) is 10.4 Å². The minimum atomic E-state index is -0.942. The third kappa shape index (κ3) is 4.08. The third-order valence-corrected chi connectivity index (χ3v) is 1.44. The Hall–Kier alpha value is -2.11. The van der Waals surface area contributed by atoms with Crippen molar-refractivity contribution in [2.75, 3.05) is 13.2 Å². The molecule has 0 aliphatic heterocycles. The number of nitrogens with zero attached hydrogens (tertiary/aromatic N) is 1. The lowest BCUT2D eigenvalue weighted by Gasteiger charge is -2.02. The van der Waals surface area contributed by atoms with Crippen LogP contribution in [0.25, 0.3) is 0 Å². The topological polar surface area (TPSA) is 78.7 Å². The summed E-state index contributed by atoms with van der Waals surface area (Å²) in [6, 6.07) is 9.16. The number of hydrogen-bond acceptors (Lipinski definition) is 5. The highest BCUT2D eigenvalue weighted by Gasteiger charge is 2.05. The largest absolute Gasteiger partial charge is 0.460 e. The molecule has 0 aliphatic carbocycles. The smallest absolute Gasteiger partial charge is 0.338 e. The molecule has 0 saturated heterocycles. The monoisotopic (exact) mass is 210 g/mol. The molecule has 0 unspecified atom stereocenters. The zero-order valence-electron chi connectivity index (χ0n) is 7.71. The van der Waals surface area contributed by atoms with Gasteiger partial charge in [-0.05, 0) is 12.1 Å². The average Bonchev–Trinajstić information content (AvgIpc) is 2.25. The molecule has 15 heavy (non-hydrogen) atoms. The first-order chi connectivity index (χ1) is 7.20. The van der Waals surface area contributed by atoms with Crippen LogP contribution in [0.2, 0.25) is 0 Å². The number of esters is 1. The summed E-state index contributed by atoms with van der Waals surface area (Å²) in [6.07, 6.45) is 0. The summed E-state index contributed by atoms with van der Waals surface area (Å²) in [5.74, 6) is -0.581. The Kier molecular flexibility index (Phi) is 4.08. The quantitative estimate of drug-likeness (QED) is 0.311. The number of carbonyl (C=O) groups excluding carboxylic acids is 1. The zero-order chi connectivity index (χ0) is 11.1. The first-order valence-corrected chi connectivity index (χ1v) is 4.11. The number of hydrogen-bond donors (Lipinski definition) is 0. The van der Waals surface area contributed by atoms with Crippen LogP contribution in [0.15, 0.2) is 24.3 Å². The molecule has 0 N–H and O–H groups in total. The van der Waals surface area contributed by atoms with Crippen LogP contribution in [0.4, 0.5) is 0 Å². The molecule has 79 valence electrons. The summed E-state index contributed by atoms with van der Waals surface area (Å²) in [6.45, 7) is -0.436. The van der Waals surface area contributed by atoms with Gasteiger partial charge in [0.2, 0.25) is 0 Å². The zero-order valence-corrected chi connectivity index (χ0v) is 7.71. The summed E-state index contributed by atoms with van der Waals surface area (Å²) in [4.78, 5) is 24.9. The van der Waals surface area contributed by atoms with Crippen LogP contribution in [0.5, 0.6) is 0 Å². The van der Waals surface area contributed by atoms with Crippen LogP contribution in [0, 0.1) is 16.2 Å². The van der Waals surface area contributed by atoms with Gasteiger partial charge in [0.15, 0.2) is 0 Å². The first kappa shape index (κ1) is 11.0. The fourth-order valence-electron chi connectivity index (χ4n) is 0.844. The van der Waals surface area contributed by atoms with Crippen molar-refractivity contribution in [3.05, 3.63) is 46.0 Å². The molecule has 0 bridgehead atoms. The maximum atomic E-state index is 11.2. The van der Waals surface area contributed by atoms with Crippen molar-refractivity contribution in [3.63, 3.8) is 0 Å². The number of ether oxygens (including phenoxy) is 1. The summed E-state index contributed by atoms with van der Waals surface area (Å²) >= 11 is 0. The van der Waals surface area contributed by atoms with Crippen LogP contribution in [0.3, 0.4) is 0 Å². The van der Waals surface area contributed by atoms with E-state index in [0.717, 1.165) is 0 Å². The molecule has 1 aromatic carbocycles. The Bertz CT molecular complexity index is 338. The van der Waals surface area contributed by atoms with E-state index in [1.54, 1.807) is 18.2 Å². The molecule has 0 spiro atoms. The molecule has 1 rings (SSSR count). The predicted octanol–water partition coefficient (Wildman–Crippen LogP) is 0.852. The van der Waals surface area contributed by atoms with E-state index in [0.29, 0.717) is 0 Å². The molecule has 1 aromatic rings. The second-order valence-electron chi connectivity index (χ2n) is 2.47. The van der Waals surface area contributed by atoms with E-state index in [9.17, 15) is 14.9 Å². The predicted molar refractivity (Wildman–Crippen MR) is 48.5 cm³/mol. The van der Waals surface area contributed by atoms with Gasteiger partial charge in [-0.1, -0.05) is 18.2 Å². The number of rotatable bonds is 5. The summed E-state index contributed by atoms with van der Waals surface area (Å²) < 4.78 is 4.68. The number of benzene rings is 1. The minimum Gasteiger partial charge on any atom is -0.460 e. The van der Waals surface area contributed by atoms with E-state index < -0.39 is 11.1 Å². The molecular weight excluding hydrogens is 202 g/mol. The summed E-state index contributed by atoms with van der Waals surface area (Å²) in [7, 11) is 0. The first-order valence-electron chi connectivity index (χ1n) is 4.11.